The summed E-state index contributed by atoms with van der Waals surface area (Å²) in [6, 6.07) is 17.0. The van der Waals surface area contributed by atoms with Crippen LogP contribution in [0.25, 0.3) is 10.6 Å². The van der Waals surface area contributed by atoms with Crippen molar-refractivity contribution in [3.05, 3.63) is 70.1 Å². The maximum atomic E-state index is 12.2. The highest BCUT2D eigenvalue weighted by Crippen LogP contribution is 2.33. The fourth-order valence-electron chi connectivity index (χ4n) is 2.17. The van der Waals surface area contributed by atoms with Crippen LogP contribution in [-0.4, -0.2) is 17.6 Å². The molecule has 3 rings (SSSR count). The van der Waals surface area contributed by atoms with Crippen LogP contribution in [0, 0.1) is 0 Å². The average molecular weight is 374 g/mol. The first-order valence-corrected chi connectivity index (χ1v) is 8.97. The quantitative estimate of drug-likeness (QED) is 0.556. The first-order valence-electron chi connectivity index (χ1n) is 7.78. The molecular weight excluding hydrogens is 358 g/mol. The van der Waals surface area contributed by atoms with Crippen LogP contribution >= 0.6 is 22.9 Å². The minimum atomic E-state index is -0.423. The lowest BCUT2D eigenvalue weighted by molar-refractivity contribution is 0.0526. The Morgan fingerprint density at radius 1 is 1.12 bits per heavy atom. The number of rotatable bonds is 6. The zero-order chi connectivity index (χ0) is 17.6. The minimum absolute atomic E-state index is 0.289. The first kappa shape index (κ1) is 17.5. The lowest BCUT2D eigenvalue weighted by atomic mass is 10.2. The molecule has 0 aliphatic rings. The van der Waals surface area contributed by atoms with Crippen molar-refractivity contribution in [3.63, 3.8) is 0 Å². The lowest BCUT2D eigenvalue weighted by Crippen LogP contribution is -2.05. The second kappa shape index (κ2) is 8.14. The fourth-order valence-corrected chi connectivity index (χ4v) is 3.20. The van der Waals surface area contributed by atoms with Gasteiger partial charge in [-0.1, -0.05) is 54.1 Å². The van der Waals surface area contributed by atoms with E-state index in [9.17, 15) is 4.79 Å². The average Bonchev–Trinajstić information content (AvgIpc) is 3.07. The molecular formula is C19H16ClNO3S. The molecule has 0 aliphatic carbocycles. The molecule has 0 spiro atoms. The predicted octanol–water partition coefficient (Wildman–Crippen LogP) is 5.22. The van der Waals surface area contributed by atoms with Crippen LogP contribution in [0.3, 0.4) is 0 Å². The van der Waals surface area contributed by atoms with Gasteiger partial charge in [0.15, 0.2) is 4.88 Å². The Hall–Kier alpha value is -2.37. The van der Waals surface area contributed by atoms with E-state index in [0.717, 1.165) is 16.1 Å². The summed E-state index contributed by atoms with van der Waals surface area (Å²) in [5.74, 6) is -0.134. The Labute approximate surface area is 155 Å². The number of hydrogen-bond donors (Lipinski definition) is 0. The topological polar surface area (TPSA) is 48.4 Å². The highest BCUT2D eigenvalue weighted by Gasteiger charge is 2.21. The summed E-state index contributed by atoms with van der Waals surface area (Å²) >= 11 is 7.16. The molecule has 0 atom stereocenters. The molecule has 0 N–H and O–H groups in total. The summed E-state index contributed by atoms with van der Waals surface area (Å²) in [5, 5.41) is 1.38. The number of hydrogen-bond acceptors (Lipinski definition) is 5. The van der Waals surface area contributed by atoms with Crippen molar-refractivity contribution in [1.29, 1.82) is 0 Å². The standard InChI is InChI=1S/C19H16ClNO3S/c1-2-23-19(22)16-17(24-12-13-8-10-15(20)11-9-13)21-18(25-16)14-6-4-3-5-7-14/h3-11H,2,12H2,1H3. The Balaban J connectivity index is 1.86. The highest BCUT2D eigenvalue weighted by molar-refractivity contribution is 7.17. The molecule has 0 saturated heterocycles. The van der Waals surface area contributed by atoms with E-state index in [1.807, 2.05) is 42.5 Å². The first-order chi connectivity index (χ1) is 12.2. The van der Waals surface area contributed by atoms with Gasteiger partial charge in [0.2, 0.25) is 5.88 Å². The van der Waals surface area contributed by atoms with Gasteiger partial charge in [0, 0.05) is 10.6 Å². The van der Waals surface area contributed by atoms with Crippen molar-refractivity contribution in [2.24, 2.45) is 0 Å². The molecule has 0 bridgehead atoms. The van der Waals surface area contributed by atoms with Crippen LogP contribution in [0.2, 0.25) is 5.02 Å². The molecule has 0 amide bonds. The van der Waals surface area contributed by atoms with E-state index in [1.165, 1.54) is 11.3 Å². The largest absolute Gasteiger partial charge is 0.472 e. The van der Waals surface area contributed by atoms with Crippen molar-refractivity contribution in [1.82, 2.24) is 4.98 Å². The van der Waals surface area contributed by atoms with E-state index < -0.39 is 5.97 Å². The third kappa shape index (κ3) is 4.38. The molecule has 0 unspecified atom stereocenters. The summed E-state index contributed by atoms with van der Waals surface area (Å²) in [7, 11) is 0. The van der Waals surface area contributed by atoms with Crippen LogP contribution in [0.5, 0.6) is 5.88 Å². The maximum Gasteiger partial charge on any atom is 0.354 e. The number of ether oxygens (including phenoxy) is 2. The number of carbonyl (C=O) groups excluding carboxylic acids is 1. The van der Waals surface area contributed by atoms with Crippen molar-refractivity contribution >= 4 is 28.9 Å². The number of halogens is 1. The summed E-state index contributed by atoms with van der Waals surface area (Å²) in [6.07, 6.45) is 0. The van der Waals surface area contributed by atoms with E-state index in [1.54, 1.807) is 19.1 Å². The van der Waals surface area contributed by atoms with Crippen molar-refractivity contribution in [2.45, 2.75) is 13.5 Å². The van der Waals surface area contributed by atoms with E-state index in [-0.39, 0.29) is 5.88 Å². The molecule has 128 valence electrons. The van der Waals surface area contributed by atoms with Crippen LogP contribution in [0.4, 0.5) is 0 Å². The lowest BCUT2D eigenvalue weighted by Gasteiger charge is -2.05. The van der Waals surface area contributed by atoms with Crippen molar-refractivity contribution < 1.29 is 14.3 Å². The number of nitrogens with zero attached hydrogens (tertiary/aromatic N) is 1. The molecule has 0 saturated carbocycles. The van der Waals surface area contributed by atoms with Gasteiger partial charge in [-0.25, -0.2) is 9.78 Å². The number of esters is 1. The van der Waals surface area contributed by atoms with Crippen LogP contribution in [-0.2, 0) is 11.3 Å². The molecule has 25 heavy (non-hydrogen) atoms. The number of benzene rings is 2. The van der Waals surface area contributed by atoms with Gasteiger partial charge in [0.05, 0.1) is 6.61 Å². The Kier molecular flexibility index (Phi) is 5.68. The van der Waals surface area contributed by atoms with Gasteiger partial charge < -0.3 is 9.47 Å². The molecule has 6 heteroatoms. The van der Waals surface area contributed by atoms with Crippen molar-refractivity contribution in [3.8, 4) is 16.5 Å². The molecule has 1 aromatic heterocycles. The molecule has 0 fully saturated rings. The molecule has 0 radical (unpaired) electrons. The molecule has 3 aromatic rings. The number of thiazole rings is 1. The normalized spacial score (nSPS) is 10.5. The van der Waals surface area contributed by atoms with Gasteiger partial charge in [-0.15, -0.1) is 11.3 Å². The zero-order valence-corrected chi connectivity index (χ0v) is 15.1. The Bertz CT molecular complexity index is 847. The van der Waals surface area contributed by atoms with E-state index >= 15 is 0 Å². The zero-order valence-electron chi connectivity index (χ0n) is 13.6. The fraction of sp³-hybridized carbons (Fsp3) is 0.158. The Morgan fingerprint density at radius 3 is 2.52 bits per heavy atom. The molecule has 1 heterocycles. The van der Waals surface area contributed by atoms with Gasteiger partial charge in [-0.05, 0) is 24.6 Å². The smallest absolute Gasteiger partial charge is 0.354 e. The third-order valence-corrected chi connectivity index (χ3v) is 4.68. The molecule has 2 aromatic carbocycles. The van der Waals surface area contributed by atoms with Crippen LogP contribution < -0.4 is 4.74 Å². The van der Waals surface area contributed by atoms with Gasteiger partial charge in [0.25, 0.3) is 0 Å². The van der Waals surface area contributed by atoms with E-state index in [0.29, 0.717) is 23.1 Å². The minimum Gasteiger partial charge on any atom is -0.472 e. The van der Waals surface area contributed by atoms with Gasteiger partial charge >= 0.3 is 5.97 Å². The van der Waals surface area contributed by atoms with E-state index in [4.69, 9.17) is 21.1 Å². The van der Waals surface area contributed by atoms with Crippen molar-refractivity contribution in [2.75, 3.05) is 6.61 Å². The third-order valence-electron chi connectivity index (χ3n) is 3.37. The monoisotopic (exact) mass is 373 g/mol. The summed E-state index contributed by atoms with van der Waals surface area (Å²) in [4.78, 5) is 17.1. The second-order valence-corrected chi connectivity index (χ2v) is 6.59. The summed E-state index contributed by atoms with van der Waals surface area (Å²) < 4.78 is 10.9. The number of carbonyl (C=O) groups is 1. The Morgan fingerprint density at radius 2 is 1.84 bits per heavy atom. The van der Waals surface area contributed by atoms with Crippen LogP contribution in [0.15, 0.2) is 54.6 Å². The van der Waals surface area contributed by atoms with Gasteiger partial charge in [0.1, 0.15) is 11.6 Å². The molecule has 0 aliphatic heterocycles. The molecule has 4 nitrogen and oxygen atoms in total. The summed E-state index contributed by atoms with van der Waals surface area (Å²) in [5.41, 5.74) is 1.87. The van der Waals surface area contributed by atoms with Gasteiger partial charge in [-0.2, -0.15) is 0 Å². The summed E-state index contributed by atoms with van der Waals surface area (Å²) in [6.45, 7) is 2.36. The predicted molar refractivity (Wildman–Crippen MR) is 99.3 cm³/mol. The highest BCUT2D eigenvalue weighted by atomic mass is 35.5. The number of aromatic nitrogens is 1. The van der Waals surface area contributed by atoms with Gasteiger partial charge in [-0.3, -0.25) is 0 Å². The second-order valence-electron chi connectivity index (χ2n) is 5.15. The SMILES string of the molecule is CCOC(=O)c1sc(-c2ccccc2)nc1OCc1ccc(Cl)cc1. The van der Waals surface area contributed by atoms with Crippen LogP contribution in [0.1, 0.15) is 22.2 Å². The van der Waals surface area contributed by atoms with E-state index in [2.05, 4.69) is 4.98 Å². The maximum absolute atomic E-state index is 12.2.